The van der Waals surface area contributed by atoms with Crippen LogP contribution in [0.25, 0.3) is 0 Å². The third-order valence-electron chi connectivity index (χ3n) is 2.92. The Bertz CT molecular complexity index is 882. The number of halogens is 1. The lowest BCUT2D eigenvalue weighted by Crippen LogP contribution is -2.18. The fraction of sp³-hybridized carbons (Fsp3) is 0.0714. The Balaban J connectivity index is 2.15. The number of rotatable bonds is 6. The molecule has 0 heterocycles. The van der Waals surface area contributed by atoms with Crippen LogP contribution in [0.5, 0.6) is 5.75 Å². The molecule has 0 atom stereocenters. The van der Waals surface area contributed by atoms with Crippen molar-refractivity contribution in [1.82, 2.24) is 4.83 Å². The van der Waals surface area contributed by atoms with Gasteiger partial charge in [0.1, 0.15) is 10.8 Å². The first-order valence-electron chi connectivity index (χ1n) is 6.46. The zero-order valence-electron chi connectivity index (χ0n) is 12.3. The standard InChI is InChI=1S/C14H12ClN3O5S/c1-23-11-3-5-12(6-4-11)24(21,22)17-16-9-10-2-7-13(15)14(8-10)18(19)20/h2-9,17H,1H3/b16-9+. The summed E-state index contributed by atoms with van der Waals surface area (Å²) in [6.07, 6.45) is 1.14. The van der Waals surface area contributed by atoms with Gasteiger partial charge in [0.15, 0.2) is 0 Å². The van der Waals surface area contributed by atoms with Crippen molar-refractivity contribution >= 4 is 33.5 Å². The summed E-state index contributed by atoms with van der Waals surface area (Å²) < 4.78 is 29.1. The second-order valence-electron chi connectivity index (χ2n) is 4.50. The molecule has 0 spiro atoms. The maximum Gasteiger partial charge on any atom is 0.288 e. The van der Waals surface area contributed by atoms with Gasteiger partial charge < -0.3 is 4.74 Å². The zero-order valence-corrected chi connectivity index (χ0v) is 13.9. The summed E-state index contributed by atoms with van der Waals surface area (Å²) in [7, 11) is -2.38. The highest BCUT2D eigenvalue weighted by Crippen LogP contribution is 2.24. The van der Waals surface area contributed by atoms with Gasteiger partial charge in [0.05, 0.1) is 23.1 Å². The van der Waals surface area contributed by atoms with E-state index in [1.807, 2.05) is 4.83 Å². The van der Waals surface area contributed by atoms with Crippen LogP contribution in [0.15, 0.2) is 52.5 Å². The minimum atomic E-state index is -3.85. The van der Waals surface area contributed by atoms with Gasteiger partial charge in [-0.1, -0.05) is 17.7 Å². The smallest absolute Gasteiger partial charge is 0.288 e. The number of nitro groups is 1. The topological polar surface area (TPSA) is 111 Å². The lowest BCUT2D eigenvalue weighted by Gasteiger charge is -2.04. The van der Waals surface area contributed by atoms with Crippen molar-refractivity contribution in [2.24, 2.45) is 5.10 Å². The van der Waals surface area contributed by atoms with E-state index >= 15 is 0 Å². The van der Waals surface area contributed by atoms with Gasteiger partial charge in [-0.25, -0.2) is 4.83 Å². The molecule has 2 aromatic rings. The van der Waals surface area contributed by atoms with Crippen LogP contribution in [0.4, 0.5) is 5.69 Å². The maximum atomic E-state index is 12.1. The molecular weight excluding hydrogens is 358 g/mol. The molecule has 0 radical (unpaired) electrons. The number of hydrogen-bond acceptors (Lipinski definition) is 6. The molecule has 2 aromatic carbocycles. The Hall–Kier alpha value is -2.65. The molecule has 126 valence electrons. The fourth-order valence-electron chi connectivity index (χ4n) is 1.73. The van der Waals surface area contributed by atoms with E-state index in [1.54, 1.807) is 0 Å². The monoisotopic (exact) mass is 369 g/mol. The number of nitrogens with zero attached hydrogens (tertiary/aromatic N) is 2. The molecule has 0 aromatic heterocycles. The van der Waals surface area contributed by atoms with E-state index in [2.05, 4.69) is 5.10 Å². The zero-order chi connectivity index (χ0) is 17.7. The summed E-state index contributed by atoms with van der Waals surface area (Å²) in [4.78, 5) is 12.2. The predicted octanol–water partition coefficient (Wildman–Crippen LogP) is 2.57. The molecular formula is C14H12ClN3O5S. The highest BCUT2D eigenvalue weighted by molar-refractivity contribution is 7.89. The highest BCUT2D eigenvalue weighted by atomic mass is 35.5. The van der Waals surface area contributed by atoms with E-state index < -0.39 is 14.9 Å². The quantitative estimate of drug-likeness (QED) is 0.478. The number of methoxy groups -OCH3 is 1. The van der Waals surface area contributed by atoms with Crippen molar-refractivity contribution in [3.8, 4) is 5.75 Å². The summed E-state index contributed by atoms with van der Waals surface area (Å²) in [5.74, 6) is 0.519. The Morgan fingerprint density at radius 3 is 2.50 bits per heavy atom. The number of hydrazone groups is 1. The average Bonchev–Trinajstić information content (AvgIpc) is 2.56. The summed E-state index contributed by atoms with van der Waals surface area (Å²) >= 11 is 5.69. The lowest BCUT2D eigenvalue weighted by molar-refractivity contribution is -0.384. The first-order chi connectivity index (χ1) is 11.3. The summed E-state index contributed by atoms with van der Waals surface area (Å²) in [5, 5.41) is 14.4. The van der Waals surface area contributed by atoms with Crippen LogP contribution in [0.2, 0.25) is 5.02 Å². The van der Waals surface area contributed by atoms with Gasteiger partial charge in [-0.3, -0.25) is 10.1 Å². The van der Waals surface area contributed by atoms with E-state index in [0.717, 1.165) is 6.21 Å². The molecule has 0 aliphatic rings. The highest BCUT2D eigenvalue weighted by Gasteiger charge is 2.14. The van der Waals surface area contributed by atoms with Gasteiger partial charge >= 0.3 is 0 Å². The van der Waals surface area contributed by atoms with Crippen molar-refractivity contribution in [2.75, 3.05) is 7.11 Å². The third kappa shape index (κ3) is 4.21. The maximum absolute atomic E-state index is 12.1. The Morgan fingerprint density at radius 2 is 1.92 bits per heavy atom. The normalized spacial score (nSPS) is 11.4. The van der Waals surface area contributed by atoms with Gasteiger partial charge in [-0.2, -0.15) is 13.5 Å². The molecule has 0 aliphatic carbocycles. The van der Waals surface area contributed by atoms with Crippen LogP contribution in [-0.4, -0.2) is 26.7 Å². The van der Waals surface area contributed by atoms with E-state index in [-0.39, 0.29) is 15.6 Å². The number of benzene rings is 2. The van der Waals surface area contributed by atoms with Gasteiger partial charge in [-0.15, -0.1) is 0 Å². The average molecular weight is 370 g/mol. The largest absolute Gasteiger partial charge is 0.497 e. The Kier molecular flexibility index (Phi) is 5.37. The fourth-order valence-corrected chi connectivity index (χ4v) is 2.71. The summed E-state index contributed by atoms with van der Waals surface area (Å²) in [6.45, 7) is 0. The second-order valence-corrected chi connectivity index (χ2v) is 6.56. The van der Waals surface area contributed by atoms with Crippen LogP contribution in [-0.2, 0) is 10.0 Å². The van der Waals surface area contributed by atoms with Crippen molar-refractivity contribution in [3.05, 3.63) is 63.2 Å². The molecule has 2 rings (SSSR count). The van der Waals surface area contributed by atoms with Crippen molar-refractivity contribution in [3.63, 3.8) is 0 Å². The SMILES string of the molecule is COc1ccc(S(=O)(=O)N/N=C/c2ccc(Cl)c([N+](=O)[O-])c2)cc1. The summed E-state index contributed by atoms with van der Waals surface area (Å²) in [6, 6.07) is 9.72. The van der Waals surface area contributed by atoms with Gasteiger partial charge in [0, 0.05) is 11.6 Å². The molecule has 24 heavy (non-hydrogen) atoms. The van der Waals surface area contributed by atoms with Gasteiger partial charge in [-0.05, 0) is 30.3 Å². The van der Waals surface area contributed by atoms with E-state index in [1.165, 1.54) is 49.6 Å². The first kappa shape index (κ1) is 17.7. The third-order valence-corrected chi connectivity index (χ3v) is 4.48. The van der Waals surface area contributed by atoms with Crippen molar-refractivity contribution < 1.29 is 18.1 Å². The number of ether oxygens (including phenoxy) is 1. The number of hydrogen-bond donors (Lipinski definition) is 1. The Labute approximate surface area is 142 Å². The molecule has 0 bridgehead atoms. The van der Waals surface area contributed by atoms with Crippen LogP contribution in [0.3, 0.4) is 0 Å². The second kappa shape index (κ2) is 7.28. The lowest BCUT2D eigenvalue weighted by atomic mass is 10.2. The van der Waals surface area contributed by atoms with E-state index in [0.29, 0.717) is 11.3 Å². The molecule has 1 N–H and O–H groups in total. The minimum absolute atomic E-state index is 0.00235. The molecule has 0 saturated carbocycles. The van der Waals surface area contributed by atoms with Crippen LogP contribution < -0.4 is 9.57 Å². The number of nitro benzene ring substituents is 1. The van der Waals surface area contributed by atoms with Gasteiger partial charge in [0.2, 0.25) is 0 Å². The Morgan fingerprint density at radius 1 is 1.25 bits per heavy atom. The van der Waals surface area contributed by atoms with Crippen molar-refractivity contribution in [1.29, 1.82) is 0 Å². The first-order valence-corrected chi connectivity index (χ1v) is 8.32. The molecule has 0 aliphatic heterocycles. The van der Waals surface area contributed by atoms with E-state index in [4.69, 9.17) is 16.3 Å². The molecule has 0 unspecified atom stereocenters. The molecule has 0 amide bonds. The summed E-state index contributed by atoms with van der Waals surface area (Å²) in [5.41, 5.74) is 0.0298. The number of nitrogens with one attached hydrogen (secondary N) is 1. The number of sulfonamides is 1. The van der Waals surface area contributed by atoms with Gasteiger partial charge in [0.25, 0.3) is 15.7 Å². The predicted molar refractivity (Wildman–Crippen MR) is 89.0 cm³/mol. The molecule has 8 nitrogen and oxygen atoms in total. The van der Waals surface area contributed by atoms with Crippen molar-refractivity contribution in [2.45, 2.75) is 4.90 Å². The molecule has 0 fully saturated rings. The molecule has 0 saturated heterocycles. The van der Waals surface area contributed by atoms with Crippen LogP contribution in [0.1, 0.15) is 5.56 Å². The van der Waals surface area contributed by atoms with E-state index in [9.17, 15) is 18.5 Å². The minimum Gasteiger partial charge on any atom is -0.497 e. The van der Waals surface area contributed by atoms with Crippen LogP contribution in [0, 0.1) is 10.1 Å². The van der Waals surface area contributed by atoms with Crippen LogP contribution >= 0.6 is 11.6 Å². The molecule has 10 heteroatoms.